The highest BCUT2D eigenvalue weighted by Crippen LogP contribution is 2.41. The first-order chi connectivity index (χ1) is 8.04. The van der Waals surface area contributed by atoms with Crippen molar-refractivity contribution >= 4 is 11.8 Å². The fourth-order valence-corrected chi connectivity index (χ4v) is 3.80. The molecule has 2 atom stereocenters. The lowest BCUT2D eigenvalue weighted by Crippen LogP contribution is -2.55. The van der Waals surface area contributed by atoms with Crippen molar-refractivity contribution in [3.8, 4) is 0 Å². The van der Waals surface area contributed by atoms with Crippen molar-refractivity contribution in [3.63, 3.8) is 0 Å². The van der Waals surface area contributed by atoms with Gasteiger partial charge in [0.1, 0.15) is 0 Å². The monoisotopic (exact) mass is 259 g/mol. The summed E-state index contributed by atoms with van der Waals surface area (Å²) in [7, 11) is 0. The van der Waals surface area contributed by atoms with E-state index in [0.29, 0.717) is 12.0 Å². The molecule has 17 heavy (non-hydrogen) atoms. The molecule has 2 unspecified atom stereocenters. The van der Waals surface area contributed by atoms with Gasteiger partial charge < -0.3 is 10.4 Å². The lowest BCUT2D eigenvalue weighted by Gasteiger charge is -2.35. The molecule has 1 saturated carbocycles. The van der Waals surface area contributed by atoms with Crippen molar-refractivity contribution in [1.82, 2.24) is 5.32 Å². The second kappa shape index (κ2) is 7.01. The summed E-state index contributed by atoms with van der Waals surface area (Å²) in [6, 6.07) is 0.451. The molecule has 2 nitrogen and oxygen atoms in total. The van der Waals surface area contributed by atoms with E-state index in [0.717, 1.165) is 11.7 Å². The average Bonchev–Trinajstić information content (AvgIpc) is 3.10. The third kappa shape index (κ3) is 4.80. The predicted octanol–water partition coefficient (Wildman–Crippen LogP) is 2.90. The highest BCUT2D eigenvalue weighted by atomic mass is 32.2. The number of aliphatic hydroxyl groups excluding tert-OH is 1. The van der Waals surface area contributed by atoms with Crippen LogP contribution in [0.25, 0.3) is 0 Å². The largest absolute Gasteiger partial charge is 0.394 e. The minimum absolute atomic E-state index is 0.0215. The molecule has 1 aliphatic carbocycles. The molecule has 1 rings (SSSR count). The maximum atomic E-state index is 9.78. The highest BCUT2D eigenvalue weighted by molar-refractivity contribution is 7.99. The Hall–Kier alpha value is 0.270. The Morgan fingerprint density at radius 2 is 2.00 bits per heavy atom. The first-order valence-electron chi connectivity index (χ1n) is 7.00. The SMILES string of the molecule is CCC(C)CSCC(CO)(NC(C)C)C1CC1. The fraction of sp³-hybridized carbons (Fsp3) is 1.00. The second-order valence-corrected chi connectivity index (χ2v) is 6.95. The molecular weight excluding hydrogens is 230 g/mol. The molecule has 0 aliphatic heterocycles. The molecule has 0 bridgehead atoms. The first kappa shape index (κ1) is 15.3. The minimum Gasteiger partial charge on any atom is -0.394 e. The Morgan fingerprint density at radius 1 is 1.35 bits per heavy atom. The van der Waals surface area contributed by atoms with Crippen LogP contribution >= 0.6 is 11.8 Å². The van der Waals surface area contributed by atoms with Gasteiger partial charge in [0.2, 0.25) is 0 Å². The van der Waals surface area contributed by atoms with Crippen LogP contribution in [0.1, 0.15) is 47.0 Å². The molecule has 0 saturated heterocycles. The van der Waals surface area contributed by atoms with Crippen LogP contribution in [0.15, 0.2) is 0 Å². The highest BCUT2D eigenvalue weighted by Gasteiger charge is 2.44. The van der Waals surface area contributed by atoms with Gasteiger partial charge >= 0.3 is 0 Å². The lowest BCUT2D eigenvalue weighted by molar-refractivity contribution is 0.150. The van der Waals surface area contributed by atoms with Crippen LogP contribution in [0.3, 0.4) is 0 Å². The van der Waals surface area contributed by atoms with Crippen molar-refractivity contribution in [3.05, 3.63) is 0 Å². The third-order valence-electron chi connectivity index (χ3n) is 3.68. The quantitative estimate of drug-likeness (QED) is 0.668. The number of nitrogens with one attached hydrogen (secondary N) is 1. The Morgan fingerprint density at radius 3 is 2.41 bits per heavy atom. The van der Waals surface area contributed by atoms with E-state index >= 15 is 0 Å². The summed E-state index contributed by atoms with van der Waals surface area (Å²) >= 11 is 2.01. The molecule has 0 aromatic heterocycles. The van der Waals surface area contributed by atoms with E-state index in [9.17, 15) is 5.11 Å². The molecule has 0 spiro atoms. The lowest BCUT2D eigenvalue weighted by atomic mass is 9.95. The molecule has 1 aliphatic rings. The van der Waals surface area contributed by atoms with Gasteiger partial charge in [0.15, 0.2) is 0 Å². The standard InChI is InChI=1S/C14H29NOS/c1-5-12(4)8-17-10-14(9-16,13-6-7-13)15-11(2)3/h11-13,15-16H,5-10H2,1-4H3. The van der Waals surface area contributed by atoms with Gasteiger partial charge in [0.25, 0.3) is 0 Å². The van der Waals surface area contributed by atoms with Gasteiger partial charge in [0, 0.05) is 11.8 Å². The molecule has 102 valence electrons. The van der Waals surface area contributed by atoms with Gasteiger partial charge in [-0.1, -0.05) is 34.1 Å². The van der Waals surface area contributed by atoms with Crippen LogP contribution in [-0.2, 0) is 0 Å². The van der Waals surface area contributed by atoms with E-state index in [2.05, 4.69) is 33.0 Å². The molecular formula is C14H29NOS. The molecule has 3 heteroatoms. The molecule has 0 aromatic rings. The second-order valence-electron chi connectivity index (χ2n) is 5.92. The predicted molar refractivity (Wildman–Crippen MR) is 77.6 cm³/mol. The van der Waals surface area contributed by atoms with Crippen LogP contribution in [0.4, 0.5) is 0 Å². The Balaban J connectivity index is 2.45. The van der Waals surface area contributed by atoms with Crippen molar-refractivity contribution in [2.45, 2.75) is 58.5 Å². The van der Waals surface area contributed by atoms with Crippen molar-refractivity contribution in [2.24, 2.45) is 11.8 Å². The molecule has 0 aromatic carbocycles. The number of hydrogen-bond donors (Lipinski definition) is 2. The fourth-order valence-electron chi connectivity index (χ4n) is 2.27. The molecule has 0 amide bonds. The van der Waals surface area contributed by atoms with Gasteiger partial charge in [-0.05, 0) is 30.4 Å². The van der Waals surface area contributed by atoms with E-state index in [1.165, 1.54) is 25.0 Å². The Labute approximate surface area is 111 Å². The zero-order chi connectivity index (χ0) is 12.9. The van der Waals surface area contributed by atoms with Gasteiger partial charge in [-0.25, -0.2) is 0 Å². The summed E-state index contributed by atoms with van der Waals surface area (Å²) in [6.45, 7) is 9.18. The van der Waals surface area contributed by atoms with Crippen LogP contribution in [0.5, 0.6) is 0 Å². The van der Waals surface area contributed by atoms with E-state index in [-0.39, 0.29) is 12.1 Å². The summed E-state index contributed by atoms with van der Waals surface area (Å²) in [6.07, 6.45) is 3.81. The summed E-state index contributed by atoms with van der Waals surface area (Å²) in [5, 5.41) is 13.4. The minimum atomic E-state index is -0.0215. The van der Waals surface area contributed by atoms with Crippen LogP contribution in [0.2, 0.25) is 0 Å². The maximum Gasteiger partial charge on any atom is 0.0624 e. The topological polar surface area (TPSA) is 32.3 Å². The smallest absolute Gasteiger partial charge is 0.0624 e. The normalized spacial score (nSPS) is 21.5. The van der Waals surface area contributed by atoms with Gasteiger partial charge in [-0.3, -0.25) is 0 Å². The van der Waals surface area contributed by atoms with Crippen LogP contribution in [-0.4, -0.2) is 34.8 Å². The van der Waals surface area contributed by atoms with Crippen molar-refractivity contribution < 1.29 is 5.11 Å². The zero-order valence-electron chi connectivity index (χ0n) is 11.8. The van der Waals surface area contributed by atoms with E-state index in [1.54, 1.807) is 0 Å². The van der Waals surface area contributed by atoms with E-state index in [4.69, 9.17) is 0 Å². The number of hydrogen-bond acceptors (Lipinski definition) is 3. The maximum absolute atomic E-state index is 9.78. The van der Waals surface area contributed by atoms with Gasteiger partial charge in [-0.15, -0.1) is 0 Å². The van der Waals surface area contributed by atoms with Gasteiger partial charge in [-0.2, -0.15) is 11.8 Å². The average molecular weight is 259 g/mol. The Bertz CT molecular complexity index is 218. The molecule has 0 heterocycles. The van der Waals surface area contributed by atoms with Crippen molar-refractivity contribution in [1.29, 1.82) is 0 Å². The summed E-state index contributed by atoms with van der Waals surface area (Å²) in [5.41, 5.74) is -0.0215. The third-order valence-corrected chi connectivity index (χ3v) is 5.20. The number of rotatable bonds is 9. The Kier molecular flexibility index (Phi) is 6.32. The molecule has 1 fully saturated rings. The summed E-state index contributed by atoms with van der Waals surface area (Å²) in [4.78, 5) is 0. The molecule has 2 N–H and O–H groups in total. The van der Waals surface area contributed by atoms with Crippen molar-refractivity contribution in [2.75, 3.05) is 18.1 Å². The number of thioether (sulfide) groups is 1. The van der Waals surface area contributed by atoms with E-state index in [1.807, 2.05) is 11.8 Å². The zero-order valence-corrected chi connectivity index (χ0v) is 12.6. The van der Waals surface area contributed by atoms with Crippen LogP contribution in [0, 0.1) is 11.8 Å². The summed E-state index contributed by atoms with van der Waals surface area (Å²) in [5.74, 6) is 3.75. The number of aliphatic hydroxyl groups is 1. The van der Waals surface area contributed by atoms with Crippen LogP contribution < -0.4 is 5.32 Å². The van der Waals surface area contributed by atoms with E-state index < -0.39 is 0 Å². The van der Waals surface area contributed by atoms with Gasteiger partial charge in [0.05, 0.1) is 12.1 Å². The molecule has 0 radical (unpaired) electrons. The first-order valence-corrected chi connectivity index (χ1v) is 8.15. The summed E-state index contributed by atoms with van der Waals surface area (Å²) < 4.78 is 0.